The molecule has 0 amide bonds. The predicted octanol–water partition coefficient (Wildman–Crippen LogP) is 18.8. The van der Waals surface area contributed by atoms with Crippen LogP contribution >= 0.6 is 80.4 Å². The normalized spacial score (nSPS) is 14.6. The summed E-state index contributed by atoms with van der Waals surface area (Å²) < 4.78 is 136. The average Bonchev–Trinajstić information content (AvgIpc) is 1.42. The Labute approximate surface area is 854 Å². The molecule has 0 atom stereocenters. The number of sulfone groups is 4. The van der Waals surface area contributed by atoms with E-state index in [-0.39, 0.29) is 61.1 Å². The summed E-state index contributed by atoms with van der Waals surface area (Å²) in [6.07, 6.45) is 9.49. The number of thiophene rings is 3. The van der Waals surface area contributed by atoms with Crippen LogP contribution in [-0.2, 0) is 48.8 Å². The Kier molecular flexibility index (Phi) is 36.9. The number of pyridine rings is 1. The van der Waals surface area contributed by atoms with Gasteiger partial charge in [0, 0.05) is 125 Å². The van der Waals surface area contributed by atoms with Gasteiger partial charge in [0.2, 0.25) is 23.8 Å². The van der Waals surface area contributed by atoms with Crippen molar-refractivity contribution in [1.82, 2.24) is 54.7 Å². The van der Waals surface area contributed by atoms with Gasteiger partial charge in [0.25, 0.3) is 0 Å². The molecule has 12 heterocycles. The summed E-state index contributed by atoms with van der Waals surface area (Å²) >= 11 is 28.8. The lowest BCUT2D eigenvalue weighted by Crippen LogP contribution is -2.44. The number of nitrogens with one attached hydrogen (secondary N) is 8. The third-order valence-corrected chi connectivity index (χ3v) is 37.3. The molecular formula is C93H115Cl4N23O14S7. The van der Waals surface area contributed by atoms with Gasteiger partial charge < -0.3 is 100 Å². The van der Waals surface area contributed by atoms with Crippen LogP contribution in [0, 0.1) is 0 Å². The minimum atomic E-state index is -3.63. The van der Waals surface area contributed by atoms with Gasteiger partial charge in [-0.05, 0) is 184 Å². The molecule has 141 heavy (non-hydrogen) atoms. The number of hydrogen-bond donors (Lipinski definition) is 8. The van der Waals surface area contributed by atoms with Crippen molar-refractivity contribution in [3.63, 3.8) is 0 Å². The molecule has 8 aromatic heterocycles. The zero-order valence-electron chi connectivity index (χ0n) is 80.4. The van der Waals surface area contributed by atoms with Crippen LogP contribution in [0.15, 0.2) is 168 Å². The van der Waals surface area contributed by atoms with Crippen molar-refractivity contribution in [2.45, 2.75) is 113 Å². The second kappa shape index (κ2) is 48.4. The third kappa shape index (κ3) is 26.9. The van der Waals surface area contributed by atoms with Crippen LogP contribution < -0.4 is 81.1 Å². The lowest BCUT2D eigenvalue weighted by Gasteiger charge is -2.36. The molecule has 4 aliphatic heterocycles. The maximum atomic E-state index is 12.7. The Bertz CT molecular complexity index is 6790. The van der Waals surface area contributed by atoms with Crippen LogP contribution in [0.3, 0.4) is 0 Å². The first-order valence-electron chi connectivity index (χ1n) is 45.0. The number of likely N-dealkylation sites (N-methyl/N-ethyl adjacent to an activating group) is 1. The summed E-state index contributed by atoms with van der Waals surface area (Å²) in [7, 11) is -1.13. The van der Waals surface area contributed by atoms with Crippen molar-refractivity contribution in [3.05, 3.63) is 170 Å². The summed E-state index contributed by atoms with van der Waals surface area (Å²) in [5.41, 5.74) is 8.62. The summed E-state index contributed by atoms with van der Waals surface area (Å²) in [4.78, 5) is 52.8. The van der Waals surface area contributed by atoms with Crippen molar-refractivity contribution in [1.29, 1.82) is 0 Å². The van der Waals surface area contributed by atoms with Gasteiger partial charge in [-0.1, -0.05) is 46.4 Å². The van der Waals surface area contributed by atoms with E-state index in [0.717, 1.165) is 135 Å². The smallest absolute Gasteiger partial charge is 0.229 e. The van der Waals surface area contributed by atoms with Gasteiger partial charge >= 0.3 is 0 Å². The number of piperidine rings is 1. The molecule has 8 N–H and O–H groups in total. The average molecular weight is 2150 g/mol. The minimum absolute atomic E-state index is 0.0699. The molecule has 4 aliphatic rings. The van der Waals surface area contributed by atoms with Crippen molar-refractivity contribution < 1.29 is 62.1 Å². The van der Waals surface area contributed by atoms with Crippen molar-refractivity contribution >= 4 is 235 Å². The largest absolute Gasteiger partial charge is 0.494 e. The molecule has 48 heteroatoms. The van der Waals surface area contributed by atoms with Crippen LogP contribution in [0.4, 0.5) is 115 Å². The Balaban J connectivity index is 0.000000158. The molecule has 16 rings (SSSR count). The monoisotopic (exact) mass is 2140 g/mol. The summed E-state index contributed by atoms with van der Waals surface area (Å²) in [5, 5.41) is 28.7. The molecule has 0 aliphatic carbocycles. The summed E-state index contributed by atoms with van der Waals surface area (Å²) in [6.45, 7) is 25.1. The van der Waals surface area contributed by atoms with Crippen LogP contribution in [0.2, 0.25) is 20.1 Å². The molecule has 0 bridgehead atoms. The topological polar surface area (TPSA) is 424 Å². The maximum Gasteiger partial charge on any atom is 0.229 e. The van der Waals surface area contributed by atoms with E-state index in [4.69, 9.17) is 74.8 Å². The molecule has 0 unspecified atom stereocenters. The number of morpholine rings is 2. The fraction of sp³-hybridized carbons (Fsp3) is 0.387. The van der Waals surface area contributed by atoms with Gasteiger partial charge in [0.15, 0.2) is 67.6 Å². The Morgan fingerprint density at radius 3 is 0.929 bits per heavy atom. The van der Waals surface area contributed by atoms with Gasteiger partial charge in [-0.3, -0.25) is 0 Å². The number of piperazine rings is 1. The van der Waals surface area contributed by atoms with Gasteiger partial charge in [-0.15, -0.1) is 34.0 Å². The Morgan fingerprint density at radius 2 is 0.645 bits per heavy atom. The second-order valence-corrected chi connectivity index (χ2v) is 48.8. The highest BCUT2D eigenvalue weighted by Crippen LogP contribution is 2.43. The molecule has 12 aromatic rings. The lowest BCUT2D eigenvalue weighted by atomic mass is 10.0. The number of anilines is 20. The van der Waals surface area contributed by atoms with Gasteiger partial charge in [0.1, 0.15) is 55.7 Å². The molecule has 4 aromatic carbocycles. The van der Waals surface area contributed by atoms with E-state index in [2.05, 4.69) is 144 Å². The molecular weight excluding hydrogens is 2030 g/mol. The summed E-state index contributed by atoms with van der Waals surface area (Å²) in [5.74, 6) is 4.87. The first-order valence-corrected chi connectivity index (χ1v) is 55.3. The standard InChI is InChI=1S/C25H33ClN6O3S2.C23H27ClN6O4S.C23H29ClN6O3S2.C22H26ClN5O4S2/c1-16(2)37(33,34)24-21(10-13-36-24)28-23-19(26)15-27-25(30-23)29-20-7-6-18(14-22(20)35-5)32-11-8-17(9-12-32)31(3)4;1-15(2)35(31,32)22-19(5-4-8-25-22)27-21-17(24)14-26-23(29-21)28-18-7-6-16(13-20(18)33-3)30-9-11-34-12-10-30;1-15(2)35(31,32)22-19(7-12-34-22)26-21-17(24)14-25-23(28-21)27-18-6-5-16(13-20(18)33-4)30-10-8-29(3)9-11-30;1-14(2)34(29,30)21-18(6-11-33-21)25-20-16(23)13-24-22(27-20)26-17-5-4-15(12-19(17)31-3)28-7-9-32-10-8-28/h6-7,10,13-17H,8-9,11-12H2,1-5H3,(H2,27,28,29,30);4-8,13-15H,9-12H2,1-3H3,(H2,26,27,28,29);5-7,12-15H,8-11H2,1-4H3,(H2,25,26,27,28);4-6,11-14H,7-10H2,1-3H3,(H2,24,25,26,27). The number of halogens is 4. The number of aromatic nitrogens is 9. The van der Waals surface area contributed by atoms with Crippen molar-refractivity contribution in [2.24, 2.45) is 0 Å². The Hall–Kier alpha value is -11.0. The predicted molar refractivity (Wildman–Crippen MR) is 568 cm³/mol. The van der Waals surface area contributed by atoms with E-state index in [0.29, 0.717) is 125 Å². The highest BCUT2D eigenvalue weighted by Gasteiger charge is 2.32. The first-order chi connectivity index (χ1) is 67.4. The van der Waals surface area contributed by atoms with Crippen LogP contribution in [0.1, 0.15) is 68.2 Å². The molecule has 0 spiro atoms. The lowest BCUT2D eigenvalue weighted by molar-refractivity contribution is 0.122. The maximum absolute atomic E-state index is 12.7. The van der Waals surface area contributed by atoms with Gasteiger partial charge in [-0.25, -0.2) is 58.6 Å². The van der Waals surface area contributed by atoms with E-state index in [9.17, 15) is 33.7 Å². The van der Waals surface area contributed by atoms with Crippen LogP contribution in [0.5, 0.6) is 23.0 Å². The van der Waals surface area contributed by atoms with E-state index in [1.807, 2.05) is 66.7 Å². The second-order valence-electron chi connectivity index (χ2n) is 33.9. The molecule has 756 valence electrons. The van der Waals surface area contributed by atoms with E-state index in [1.165, 1.54) is 31.0 Å². The van der Waals surface area contributed by atoms with Gasteiger partial charge in [-0.2, -0.15) is 19.9 Å². The summed E-state index contributed by atoms with van der Waals surface area (Å²) in [6, 6.07) is 32.6. The number of rotatable bonds is 33. The minimum Gasteiger partial charge on any atom is -0.494 e. The SMILES string of the molecule is COc1cc(N2CCC(N(C)C)CC2)ccc1Nc1ncc(Cl)c(Nc2ccsc2S(=O)(=O)C(C)C)n1.COc1cc(N2CCN(C)CC2)ccc1Nc1ncc(Cl)c(Nc2ccsc2S(=O)(=O)C(C)C)n1.COc1cc(N2CCOCC2)ccc1Nc1ncc(Cl)c(Nc2cccnc2S(=O)(=O)C(C)C)n1.COc1cc(N2CCOCC2)ccc1Nc1ncc(Cl)c(Nc2ccsc2S(=O)(=O)C(C)C)n1. The molecule has 4 fully saturated rings. The number of hydrogen-bond acceptors (Lipinski definition) is 40. The molecule has 37 nitrogen and oxygen atoms in total. The van der Waals surface area contributed by atoms with Crippen LogP contribution in [0.25, 0.3) is 0 Å². The molecule has 0 saturated carbocycles. The highest BCUT2D eigenvalue weighted by molar-refractivity contribution is 7.95. The fourth-order valence-electron chi connectivity index (χ4n) is 14.7. The van der Waals surface area contributed by atoms with Crippen LogP contribution in [-0.4, -0.2) is 257 Å². The van der Waals surface area contributed by atoms with E-state index >= 15 is 0 Å². The fourth-order valence-corrected chi connectivity index (χ4v) is 24.5. The van der Waals surface area contributed by atoms with E-state index in [1.54, 1.807) is 130 Å². The number of benzene rings is 4. The zero-order valence-corrected chi connectivity index (χ0v) is 89.2. The van der Waals surface area contributed by atoms with Crippen molar-refractivity contribution in [3.8, 4) is 23.0 Å². The third-order valence-electron chi connectivity index (χ3n) is 23.1. The number of ether oxygens (including phenoxy) is 6. The Morgan fingerprint density at radius 1 is 0.362 bits per heavy atom. The quantitative estimate of drug-likeness (QED) is 0.0189. The zero-order chi connectivity index (χ0) is 101. The number of nitrogens with zero attached hydrogens (tertiary/aromatic N) is 15. The number of methoxy groups -OCH3 is 4. The first kappa shape index (κ1) is 107. The van der Waals surface area contributed by atoms with Crippen molar-refractivity contribution in [2.75, 3.05) is 204 Å². The molecule has 0 radical (unpaired) electrons. The molecule has 4 saturated heterocycles. The highest BCUT2D eigenvalue weighted by atomic mass is 35.5. The van der Waals surface area contributed by atoms with Gasteiger partial charge in [0.05, 0.1) is 146 Å². The van der Waals surface area contributed by atoms with E-state index < -0.39 is 60.3 Å².